The van der Waals surface area contributed by atoms with Crippen molar-refractivity contribution in [2.75, 3.05) is 0 Å². The first-order chi connectivity index (χ1) is 6.09. The van der Waals surface area contributed by atoms with Gasteiger partial charge in [-0.25, -0.2) is 0 Å². The van der Waals surface area contributed by atoms with Crippen LogP contribution < -0.4 is 0 Å². The van der Waals surface area contributed by atoms with Crippen LogP contribution in [0.4, 0.5) is 8.78 Å². The molecule has 1 aliphatic rings. The fourth-order valence-corrected chi connectivity index (χ4v) is 1.80. The molecule has 0 radical (unpaired) electrons. The molecule has 0 aromatic carbocycles. The molecule has 0 aliphatic heterocycles. The highest BCUT2D eigenvalue weighted by Crippen LogP contribution is 2.37. The van der Waals surface area contributed by atoms with Crippen molar-refractivity contribution in [3.63, 3.8) is 0 Å². The summed E-state index contributed by atoms with van der Waals surface area (Å²) in [5, 5.41) is 0. The average molecular weight is 190 g/mol. The van der Waals surface area contributed by atoms with Gasteiger partial charge in [0.05, 0.1) is 0 Å². The third-order valence-corrected chi connectivity index (χ3v) is 2.71. The van der Waals surface area contributed by atoms with Crippen molar-refractivity contribution in [3.8, 4) is 0 Å². The predicted molar refractivity (Wildman–Crippen MR) is 42.4 cm³/mol. The van der Waals surface area contributed by atoms with Crippen molar-refractivity contribution in [2.24, 2.45) is 5.41 Å². The van der Waals surface area contributed by atoms with E-state index in [9.17, 15) is 18.4 Å². The van der Waals surface area contributed by atoms with E-state index in [-0.39, 0.29) is 12.8 Å². The van der Waals surface area contributed by atoms with E-state index in [2.05, 4.69) is 0 Å². The maximum atomic E-state index is 12.6. The monoisotopic (exact) mass is 190 g/mol. The van der Waals surface area contributed by atoms with Crippen molar-refractivity contribution in [3.05, 3.63) is 0 Å². The Morgan fingerprint density at radius 2 is 1.23 bits per heavy atom. The van der Waals surface area contributed by atoms with Gasteiger partial charge in [0, 0.05) is 0 Å². The second kappa shape index (κ2) is 3.94. The van der Waals surface area contributed by atoms with E-state index in [0.29, 0.717) is 12.8 Å². The van der Waals surface area contributed by atoms with Gasteiger partial charge in [0.2, 0.25) is 0 Å². The Hall–Kier alpha value is -0.800. The quantitative estimate of drug-likeness (QED) is 0.380. The normalized spacial score (nSPS) is 22.0. The molecule has 2 nitrogen and oxygen atoms in total. The minimum Gasteiger partial charge on any atom is -0.260 e. The largest absolute Gasteiger partial charge is 0.317 e. The van der Waals surface area contributed by atoms with Crippen LogP contribution in [-0.2, 0) is 9.59 Å². The standard InChI is InChI=1S/C9H12F2O2/c10-7(12)9(8(11)13)5-3-1-2-4-6-9/h1-6H2. The SMILES string of the molecule is O=C(F)C1(C(=O)F)CCCCCC1. The molecule has 1 fully saturated rings. The average Bonchev–Trinajstić information content (AvgIpc) is 2.28. The molecule has 0 bridgehead atoms. The molecule has 0 heterocycles. The van der Waals surface area contributed by atoms with Gasteiger partial charge in [0.1, 0.15) is 0 Å². The molecule has 0 spiro atoms. The Labute approximate surface area is 75.3 Å². The highest BCUT2D eigenvalue weighted by Gasteiger charge is 2.46. The molecule has 0 atom stereocenters. The van der Waals surface area contributed by atoms with Gasteiger partial charge in [-0.1, -0.05) is 25.7 Å². The molecule has 0 unspecified atom stereocenters. The van der Waals surface area contributed by atoms with Crippen LogP contribution in [0.3, 0.4) is 0 Å². The Kier molecular flexibility index (Phi) is 3.12. The summed E-state index contributed by atoms with van der Waals surface area (Å²) in [5.74, 6) is 0. The summed E-state index contributed by atoms with van der Waals surface area (Å²) in [6.07, 6.45) is 2.82. The summed E-state index contributed by atoms with van der Waals surface area (Å²) in [6, 6.07) is -3.61. The zero-order chi connectivity index (χ0) is 9.90. The summed E-state index contributed by atoms with van der Waals surface area (Å²) >= 11 is 0. The van der Waals surface area contributed by atoms with Gasteiger partial charge < -0.3 is 0 Å². The van der Waals surface area contributed by atoms with E-state index < -0.39 is 17.5 Å². The van der Waals surface area contributed by atoms with Gasteiger partial charge in [-0.3, -0.25) is 9.59 Å². The zero-order valence-corrected chi connectivity index (χ0v) is 7.32. The topological polar surface area (TPSA) is 34.1 Å². The van der Waals surface area contributed by atoms with Crippen LogP contribution in [0.15, 0.2) is 0 Å². The first kappa shape index (κ1) is 10.3. The summed E-state index contributed by atoms with van der Waals surface area (Å²) in [7, 11) is 0. The third kappa shape index (κ3) is 1.92. The van der Waals surface area contributed by atoms with Crippen LogP contribution in [0.2, 0.25) is 0 Å². The lowest BCUT2D eigenvalue weighted by Gasteiger charge is -2.20. The predicted octanol–water partition coefficient (Wildman–Crippen LogP) is 2.32. The molecule has 0 N–H and O–H groups in total. The number of hydrogen-bond acceptors (Lipinski definition) is 2. The Morgan fingerprint density at radius 1 is 0.846 bits per heavy atom. The van der Waals surface area contributed by atoms with Crippen LogP contribution >= 0.6 is 0 Å². The van der Waals surface area contributed by atoms with Crippen LogP contribution in [0.1, 0.15) is 38.5 Å². The molecule has 74 valence electrons. The molecule has 0 aromatic heterocycles. The fourth-order valence-electron chi connectivity index (χ4n) is 1.80. The van der Waals surface area contributed by atoms with E-state index in [0.717, 1.165) is 12.8 Å². The van der Waals surface area contributed by atoms with Crippen LogP contribution in [-0.4, -0.2) is 12.1 Å². The maximum Gasteiger partial charge on any atom is 0.317 e. The van der Waals surface area contributed by atoms with E-state index in [1.54, 1.807) is 0 Å². The molecule has 0 amide bonds. The van der Waals surface area contributed by atoms with Crippen molar-refractivity contribution < 1.29 is 18.4 Å². The Balaban J connectivity index is 2.86. The lowest BCUT2D eigenvalue weighted by molar-refractivity contribution is -0.155. The molecular weight excluding hydrogens is 178 g/mol. The molecule has 1 rings (SSSR count). The molecular formula is C9H12F2O2. The number of halogens is 2. The molecule has 0 saturated heterocycles. The summed E-state index contributed by atoms with van der Waals surface area (Å²) in [5.41, 5.74) is -1.95. The van der Waals surface area contributed by atoms with Crippen molar-refractivity contribution >= 4 is 12.1 Å². The zero-order valence-electron chi connectivity index (χ0n) is 7.32. The van der Waals surface area contributed by atoms with Crippen LogP contribution in [0.25, 0.3) is 0 Å². The fraction of sp³-hybridized carbons (Fsp3) is 0.778. The molecule has 13 heavy (non-hydrogen) atoms. The van der Waals surface area contributed by atoms with Crippen molar-refractivity contribution in [2.45, 2.75) is 38.5 Å². The van der Waals surface area contributed by atoms with Crippen molar-refractivity contribution in [1.82, 2.24) is 0 Å². The number of carbonyl (C=O) groups is 2. The van der Waals surface area contributed by atoms with E-state index in [1.807, 2.05) is 0 Å². The van der Waals surface area contributed by atoms with Gasteiger partial charge in [0.25, 0.3) is 0 Å². The van der Waals surface area contributed by atoms with Gasteiger partial charge in [0.15, 0.2) is 5.41 Å². The lowest BCUT2D eigenvalue weighted by Crippen LogP contribution is -2.34. The maximum absolute atomic E-state index is 12.6. The minimum absolute atomic E-state index is 0.0255. The second-order valence-corrected chi connectivity index (χ2v) is 3.54. The Bertz CT molecular complexity index is 202. The molecule has 1 aliphatic carbocycles. The second-order valence-electron chi connectivity index (χ2n) is 3.54. The lowest BCUT2D eigenvalue weighted by atomic mass is 9.82. The highest BCUT2D eigenvalue weighted by atomic mass is 19.1. The van der Waals surface area contributed by atoms with Gasteiger partial charge in [-0.15, -0.1) is 0 Å². The summed E-state index contributed by atoms with van der Waals surface area (Å²) in [4.78, 5) is 21.2. The van der Waals surface area contributed by atoms with E-state index >= 15 is 0 Å². The van der Waals surface area contributed by atoms with Gasteiger partial charge in [-0.2, -0.15) is 8.78 Å². The number of hydrogen-bond donors (Lipinski definition) is 0. The van der Waals surface area contributed by atoms with E-state index in [1.165, 1.54) is 0 Å². The minimum atomic E-state index is -1.95. The smallest absolute Gasteiger partial charge is 0.260 e. The van der Waals surface area contributed by atoms with Crippen molar-refractivity contribution in [1.29, 1.82) is 0 Å². The molecule has 4 heteroatoms. The van der Waals surface area contributed by atoms with Crippen LogP contribution in [0.5, 0.6) is 0 Å². The van der Waals surface area contributed by atoms with E-state index in [4.69, 9.17) is 0 Å². The Morgan fingerprint density at radius 3 is 1.54 bits per heavy atom. The van der Waals surface area contributed by atoms with Gasteiger partial charge >= 0.3 is 12.1 Å². The number of carbonyl (C=O) groups excluding carboxylic acids is 2. The molecule has 1 saturated carbocycles. The van der Waals surface area contributed by atoms with Gasteiger partial charge in [-0.05, 0) is 12.8 Å². The third-order valence-electron chi connectivity index (χ3n) is 2.71. The highest BCUT2D eigenvalue weighted by molar-refractivity contribution is 5.99. The number of rotatable bonds is 2. The summed E-state index contributed by atoms with van der Waals surface area (Å²) in [6.45, 7) is 0. The first-order valence-corrected chi connectivity index (χ1v) is 4.49. The first-order valence-electron chi connectivity index (χ1n) is 4.49. The van der Waals surface area contributed by atoms with Crippen LogP contribution in [0, 0.1) is 5.41 Å². The summed E-state index contributed by atoms with van der Waals surface area (Å²) < 4.78 is 25.1. The molecule has 0 aromatic rings.